The number of benzene rings is 2. The number of carbonyl (C=O) groups is 2. The van der Waals surface area contributed by atoms with E-state index in [0.29, 0.717) is 6.54 Å². The Morgan fingerprint density at radius 3 is 2.66 bits per heavy atom. The number of aryl methyl sites for hydroxylation is 2. The highest BCUT2D eigenvalue weighted by atomic mass is 16.2. The van der Waals surface area contributed by atoms with Gasteiger partial charge < -0.3 is 20.9 Å². The number of hydrogen-bond donors (Lipinski definition) is 3. The molecule has 3 aromatic rings. The predicted octanol–water partition coefficient (Wildman–Crippen LogP) is 4.47. The number of para-hydroxylation sites is 1. The van der Waals surface area contributed by atoms with E-state index in [4.69, 9.17) is 0 Å². The molecule has 3 N–H and O–H groups in total. The van der Waals surface area contributed by atoms with E-state index in [1.807, 2.05) is 68.6 Å². The van der Waals surface area contributed by atoms with Crippen LogP contribution in [-0.2, 0) is 6.42 Å². The number of likely N-dealkylation sites (N-methyl/N-ethyl adjacent to an activating group) is 1. The minimum absolute atomic E-state index is 0.0986. The number of amides is 4. The van der Waals surface area contributed by atoms with Crippen molar-refractivity contribution in [2.45, 2.75) is 32.7 Å². The highest BCUT2D eigenvalue weighted by molar-refractivity contribution is 6.00. The van der Waals surface area contributed by atoms with Gasteiger partial charge in [-0.05, 0) is 49.6 Å². The van der Waals surface area contributed by atoms with Crippen LogP contribution in [0.1, 0.15) is 24.6 Å². The van der Waals surface area contributed by atoms with Gasteiger partial charge in [-0.1, -0.05) is 37.3 Å². The van der Waals surface area contributed by atoms with Gasteiger partial charge in [0.25, 0.3) is 0 Å². The number of nitrogens with zero attached hydrogens (tertiary/aromatic N) is 3. The number of nitrogens with one attached hydrogen (secondary N) is 3. The molecule has 1 aliphatic rings. The second-order valence-electron chi connectivity index (χ2n) is 9.04. The van der Waals surface area contributed by atoms with Gasteiger partial charge in [0.2, 0.25) is 0 Å². The normalized spacial score (nSPS) is 15.7. The predicted molar refractivity (Wildman–Crippen MR) is 141 cm³/mol. The Kier molecular flexibility index (Phi) is 7.82. The maximum Gasteiger partial charge on any atom is 0.321 e. The van der Waals surface area contributed by atoms with Crippen molar-refractivity contribution in [2.75, 3.05) is 43.9 Å². The minimum Gasteiger partial charge on any atom is -0.337 e. The maximum absolute atomic E-state index is 12.7. The monoisotopic (exact) mass is 474 g/mol. The third-order valence-electron chi connectivity index (χ3n) is 6.54. The summed E-state index contributed by atoms with van der Waals surface area (Å²) in [5.74, 6) is 0. The van der Waals surface area contributed by atoms with Crippen molar-refractivity contribution in [1.82, 2.24) is 20.1 Å². The number of fused-ring (bicyclic) bond motifs is 1. The summed E-state index contributed by atoms with van der Waals surface area (Å²) in [5, 5.41) is 9.80. The number of aromatic nitrogens is 1. The van der Waals surface area contributed by atoms with Crippen LogP contribution in [0.2, 0.25) is 0 Å². The lowest BCUT2D eigenvalue weighted by Gasteiger charge is -2.25. The molecule has 0 bridgehead atoms. The van der Waals surface area contributed by atoms with E-state index in [0.717, 1.165) is 60.4 Å². The maximum atomic E-state index is 12.7. The van der Waals surface area contributed by atoms with Crippen LogP contribution in [0.3, 0.4) is 0 Å². The first-order chi connectivity index (χ1) is 16.9. The lowest BCUT2D eigenvalue weighted by Crippen LogP contribution is -2.42. The molecule has 4 rings (SSSR count). The Morgan fingerprint density at radius 1 is 1.11 bits per heavy atom. The Hall–Kier alpha value is -3.65. The molecule has 8 nitrogen and oxygen atoms in total. The van der Waals surface area contributed by atoms with Gasteiger partial charge in [-0.25, -0.2) is 9.59 Å². The van der Waals surface area contributed by atoms with E-state index in [-0.39, 0.29) is 18.1 Å². The molecule has 184 valence electrons. The van der Waals surface area contributed by atoms with Crippen LogP contribution in [0.15, 0.2) is 54.6 Å². The van der Waals surface area contributed by atoms with E-state index in [2.05, 4.69) is 32.8 Å². The fraction of sp³-hybridized carbons (Fsp3) is 0.370. The van der Waals surface area contributed by atoms with E-state index >= 15 is 0 Å². The standard InChI is InChI=1S/C27H34N6O2/c1-4-20-9-11-21(12-10-20)30-27(35)32(3)22-13-15-33(18-22)16-14-28-26(34)31-25-17-19(2)29-24-8-6-5-7-23(24)25/h5-12,17,22H,4,13-16,18H2,1-3H3,(H,30,35)(H2,28,29,31,34). The zero-order chi connectivity index (χ0) is 24.8. The average molecular weight is 475 g/mol. The fourth-order valence-electron chi connectivity index (χ4n) is 4.44. The van der Waals surface area contributed by atoms with Crippen LogP contribution in [-0.4, -0.2) is 66.1 Å². The number of likely N-dealkylation sites (tertiary alicyclic amines) is 1. The quantitative estimate of drug-likeness (QED) is 0.472. The number of urea groups is 2. The number of anilines is 2. The lowest BCUT2D eigenvalue weighted by molar-refractivity contribution is 0.202. The number of rotatable bonds is 7. The van der Waals surface area contributed by atoms with Gasteiger partial charge in [0.1, 0.15) is 0 Å². The SMILES string of the molecule is CCc1ccc(NC(=O)N(C)C2CCN(CCNC(=O)Nc3cc(C)nc4ccccc34)C2)cc1. The number of carbonyl (C=O) groups excluding carboxylic acids is 2. The van der Waals surface area contributed by atoms with E-state index in [9.17, 15) is 9.59 Å². The Labute approximate surface area is 206 Å². The van der Waals surface area contributed by atoms with Crippen LogP contribution >= 0.6 is 0 Å². The smallest absolute Gasteiger partial charge is 0.321 e. The molecule has 35 heavy (non-hydrogen) atoms. The average Bonchev–Trinajstić information content (AvgIpc) is 3.32. The van der Waals surface area contributed by atoms with Gasteiger partial charge in [-0.15, -0.1) is 0 Å². The summed E-state index contributed by atoms with van der Waals surface area (Å²) >= 11 is 0. The Morgan fingerprint density at radius 2 is 1.89 bits per heavy atom. The fourth-order valence-corrected chi connectivity index (χ4v) is 4.44. The zero-order valence-electron chi connectivity index (χ0n) is 20.7. The zero-order valence-corrected chi connectivity index (χ0v) is 20.7. The summed E-state index contributed by atoms with van der Waals surface area (Å²) < 4.78 is 0. The molecule has 2 heterocycles. The molecule has 1 atom stereocenters. The van der Waals surface area contributed by atoms with Crippen molar-refractivity contribution >= 4 is 34.3 Å². The molecule has 0 aliphatic carbocycles. The molecule has 0 spiro atoms. The summed E-state index contributed by atoms with van der Waals surface area (Å²) in [6, 6.07) is 17.4. The van der Waals surface area contributed by atoms with Gasteiger partial charge in [-0.3, -0.25) is 9.88 Å². The molecule has 8 heteroatoms. The minimum atomic E-state index is -0.234. The second-order valence-corrected chi connectivity index (χ2v) is 9.04. The summed E-state index contributed by atoms with van der Waals surface area (Å²) in [6.45, 7) is 6.97. The lowest BCUT2D eigenvalue weighted by atomic mass is 10.1. The third-order valence-corrected chi connectivity index (χ3v) is 6.54. The number of hydrogen-bond acceptors (Lipinski definition) is 4. The highest BCUT2D eigenvalue weighted by Crippen LogP contribution is 2.23. The van der Waals surface area contributed by atoms with Gasteiger partial charge >= 0.3 is 12.1 Å². The van der Waals surface area contributed by atoms with Crippen molar-refractivity contribution in [1.29, 1.82) is 0 Å². The van der Waals surface area contributed by atoms with Crippen LogP contribution in [0.4, 0.5) is 21.0 Å². The second kappa shape index (κ2) is 11.2. The van der Waals surface area contributed by atoms with Crippen molar-refractivity contribution in [3.05, 3.63) is 65.9 Å². The topological polar surface area (TPSA) is 89.6 Å². The van der Waals surface area contributed by atoms with Crippen LogP contribution in [0.25, 0.3) is 10.9 Å². The molecule has 4 amide bonds. The molecular weight excluding hydrogens is 440 g/mol. The molecule has 1 aliphatic heterocycles. The van der Waals surface area contributed by atoms with Gasteiger partial charge in [0, 0.05) is 56.0 Å². The van der Waals surface area contributed by atoms with Crippen molar-refractivity contribution < 1.29 is 9.59 Å². The first-order valence-electron chi connectivity index (χ1n) is 12.2. The van der Waals surface area contributed by atoms with Gasteiger partial charge in [0.05, 0.1) is 11.2 Å². The summed E-state index contributed by atoms with van der Waals surface area (Å²) in [6.07, 6.45) is 1.88. The van der Waals surface area contributed by atoms with Crippen molar-refractivity contribution in [2.24, 2.45) is 0 Å². The first-order valence-corrected chi connectivity index (χ1v) is 12.2. The highest BCUT2D eigenvalue weighted by Gasteiger charge is 2.28. The summed E-state index contributed by atoms with van der Waals surface area (Å²) in [5.41, 5.74) is 4.52. The molecular formula is C27H34N6O2. The van der Waals surface area contributed by atoms with Gasteiger partial charge in [-0.2, -0.15) is 0 Å². The molecule has 1 aromatic heterocycles. The van der Waals surface area contributed by atoms with E-state index < -0.39 is 0 Å². The molecule has 1 unspecified atom stereocenters. The first kappa shape index (κ1) is 24.5. The Balaban J connectivity index is 1.21. The van der Waals surface area contributed by atoms with Crippen LogP contribution in [0, 0.1) is 6.92 Å². The largest absolute Gasteiger partial charge is 0.337 e. The molecule has 0 radical (unpaired) electrons. The third kappa shape index (κ3) is 6.27. The van der Waals surface area contributed by atoms with Crippen LogP contribution in [0.5, 0.6) is 0 Å². The summed E-state index contributed by atoms with van der Waals surface area (Å²) in [7, 11) is 1.84. The molecule has 2 aromatic carbocycles. The summed E-state index contributed by atoms with van der Waals surface area (Å²) in [4.78, 5) is 33.7. The molecule has 1 saturated heterocycles. The van der Waals surface area contributed by atoms with Gasteiger partial charge in [0.15, 0.2) is 0 Å². The van der Waals surface area contributed by atoms with E-state index in [1.165, 1.54) is 5.56 Å². The van der Waals surface area contributed by atoms with Crippen molar-refractivity contribution in [3.63, 3.8) is 0 Å². The number of pyridine rings is 1. The Bertz CT molecular complexity index is 1180. The van der Waals surface area contributed by atoms with E-state index in [1.54, 1.807) is 4.90 Å². The molecule has 1 fully saturated rings. The van der Waals surface area contributed by atoms with Crippen LogP contribution < -0.4 is 16.0 Å². The molecule has 0 saturated carbocycles. The van der Waals surface area contributed by atoms with Crippen molar-refractivity contribution in [3.8, 4) is 0 Å².